The molecule has 40 heteroatoms. The lowest BCUT2D eigenvalue weighted by Gasteiger charge is -2.48. The predicted octanol–water partition coefficient (Wildman–Crippen LogP) is 14.1. The molecule has 11 rings (SSSR count). The summed E-state index contributed by atoms with van der Waals surface area (Å²) in [6, 6.07) is 21.8. The van der Waals surface area contributed by atoms with Crippen LogP contribution >= 0.6 is 0 Å². The number of ether oxygens (including phenoxy) is 22. The Morgan fingerprint density at radius 3 is 0.767 bits per heavy atom. The first-order chi connectivity index (χ1) is 69.8. The van der Waals surface area contributed by atoms with Crippen LogP contribution in [0.3, 0.4) is 0 Å². The zero-order valence-corrected chi connectivity index (χ0v) is 85.3. The van der Waals surface area contributed by atoms with E-state index in [1.54, 1.807) is 48.5 Å². The first-order valence-corrected chi connectivity index (χ1v) is 49.7. The zero-order valence-electron chi connectivity index (χ0n) is 85.3. The molecule has 0 amide bonds. The highest BCUT2D eigenvalue weighted by atomic mass is 16.8. The molecule has 794 valence electrons. The summed E-state index contributed by atoms with van der Waals surface area (Å²) < 4.78 is 132. The van der Waals surface area contributed by atoms with Crippen molar-refractivity contribution in [2.45, 2.75) is 362 Å². The van der Waals surface area contributed by atoms with Gasteiger partial charge in [0.15, 0.2) is 61.4 Å². The van der Waals surface area contributed by atoms with E-state index in [9.17, 15) is 67.1 Å². The Morgan fingerprint density at radius 1 is 0.253 bits per heavy atom. The van der Waals surface area contributed by atoms with Crippen LogP contribution < -0.4 is 9.47 Å². The van der Waals surface area contributed by atoms with Crippen molar-refractivity contribution < 1.29 is 171 Å². The Balaban J connectivity index is 1.01. The predicted molar refractivity (Wildman–Crippen MR) is 519 cm³/mol. The molecular weight excluding hydrogens is 1910 g/mol. The number of hydrogen-bond acceptors (Lipinski definition) is 38. The summed E-state index contributed by atoms with van der Waals surface area (Å²) in [6.45, 7) is 16.7. The van der Waals surface area contributed by atoms with Crippen LogP contribution in [0.15, 0.2) is 72.8 Å². The summed E-state index contributed by atoms with van der Waals surface area (Å²) in [5.74, 6) is -12.3. The van der Waals surface area contributed by atoms with Gasteiger partial charge in [0.25, 0.3) is 0 Å². The molecule has 9 heterocycles. The van der Waals surface area contributed by atoms with Gasteiger partial charge in [0, 0.05) is 141 Å². The van der Waals surface area contributed by atoms with Crippen LogP contribution in [-0.2, 0) is 175 Å². The number of nitrogens with zero attached hydrogens (tertiary/aromatic N) is 2. The molecular formula is C106H134N4O36. The van der Waals surface area contributed by atoms with Crippen molar-refractivity contribution in [3.05, 3.63) is 107 Å². The second-order valence-corrected chi connectivity index (χ2v) is 36.5. The highest BCUT2D eigenvalue weighted by molar-refractivity contribution is 5.95. The van der Waals surface area contributed by atoms with Gasteiger partial charge in [0.2, 0.25) is 24.8 Å². The standard InChI is InChI=1S/C106H134N4O36/c1-17-19-21-23-25-27-29-31-33-35-75-77-45-49-81(107-77)89(71-37-41-73(42-38-71)139-103-99(135-67(13)121)97(133-65(11)119)93(87(141-103)55-127-59(5)113)145-105-101(137-69(15)123)95(131-63(9)117)91(129-61(7)115)85(143-105)53-125-57(3)111)83-51-47-79(109-83)76(36-34-32-30-28-26-24-22-20-18-2)80-48-52-84(110-80)90(82-50-46-78(75)108-82)72-39-43-74(44-40-72)140-104-100(136-68(14)122)98(134-66(12)120)94(88(142-104)56-128-60(6)114)146-106-102(138-70(16)124)96(132-64(10)118)92(130-62(8)116)86(144-106)54-126-58(4)112/h37-52,85-88,91-107,110H,17-36,53-56H2,1-16H3/t85-,86-,87-,88-,91-,92-,93-,94-,95+,96+,97+,98+,99-,100-,101-,102-,103-,104-,105-,106-/m1/s1. The lowest BCUT2D eigenvalue weighted by Crippen LogP contribution is -2.67. The highest BCUT2D eigenvalue weighted by Crippen LogP contribution is 2.43. The minimum Gasteiger partial charge on any atom is -0.463 e. The molecule has 4 saturated heterocycles. The molecule has 0 radical (unpaired) electrons. The molecule has 0 saturated carbocycles. The maximum absolute atomic E-state index is 13.5. The van der Waals surface area contributed by atoms with E-state index in [1.807, 2.05) is 48.6 Å². The smallest absolute Gasteiger partial charge is 0.303 e. The van der Waals surface area contributed by atoms with Crippen LogP contribution in [0.25, 0.3) is 68.6 Å². The van der Waals surface area contributed by atoms with Crippen molar-refractivity contribution in [1.82, 2.24) is 19.9 Å². The van der Waals surface area contributed by atoms with E-state index < -0.39 is 233 Å². The van der Waals surface area contributed by atoms with Crippen LogP contribution in [0, 0.1) is 0 Å². The van der Waals surface area contributed by atoms with Crippen molar-refractivity contribution in [2.24, 2.45) is 0 Å². The van der Waals surface area contributed by atoms with Gasteiger partial charge in [-0.2, -0.15) is 0 Å². The van der Waals surface area contributed by atoms with Crippen LogP contribution in [-0.4, -0.2) is 253 Å². The average molecular weight is 2040 g/mol. The molecule has 20 atom stereocenters. The van der Waals surface area contributed by atoms with Gasteiger partial charge >= 0.3 is 83.6 Å². The lowest BCUT2D eigenvalue weighted by atomic mass is 9.96. The topological polar surface area (TPSA) is 499 Å². The Bertz CT molecular complexity index is 5290. The van der Waals surface area contributed by atoms with Crippen molar-refractivity contribution in [1.29, 1.82) is 0 Å². The number of fused-ring (bicyclic) bond motifs is 8. The molecule has 40 nitrogen and oxygen atoms in total. The summed E-state index contributed by atoms with van der Waals surface area (Å²) in [7, 11) is 0. The first kappa shape index (κ1) is 113. The van der Waals surface area contributed by atoms with Crippen molar-refractivity contribution in [3.63, 3.8) is 0 Å². The summed E-state index contributed by atoms with van der Waals surface area (Å²) in [5.41, 5.74) is 9.81. The number of nitrogens with one attached hydrogen (secondary N) is 2. The summed E-state index contributed by atoms with van der Waals surface area (Å²) >= 11 is 0. The largest absolute Gasteiger partial charge is 0.463 e. The van der Waals surface area contributed by atoms with Crippen molar-refractivity contribution in [2.75, 3.05) is 26.4 Å². The van der Waals surface area contributed by atoms with E-state index in [-0.39, 0.29) is 11.5 Å². The van der Waals surface area contributed by atoms with Gasteiger partial charge in [-0.25, -0.2) is 9.97 Å². The van der Waals surface area contributed by atoms with Gasteiger partial charge < -0.3 is 114 Å². The van der Waals surface area contributed by atoms with Crippen molar-refractivity contribution >= 4 is 130 Å². The Hall–Kier alpha value is -13.0. The second-order valence-electron chi connectivity index (χ2n) is 36.5. The Labute approximate surface area is 846 Å². The van der Waals surface area contributed by atoms with Crippen molar-refractivity contribution in [3.8, 4) is 33.8 Å². The molecule has 2 aromatic carbocycles. The minimum absolute atomic E-state index is 0.113. The molecule has 0 spiro atoms. The number of benzene rings is 2. The summed E-state index contributed by atoms with van der Waals surface area (Å²) in [6.07, 6.45) is -5.92. The van der Waals surface area contributed by atoms with E-state index >= 15 is 0 Å². The number of aryl methyl sites for hydroxylation is 2. The van der Waals surface area contributed by atoms with Gasteiger partial charge in [0.05, 0.1) is 22.8 Å². The third kappa shape index (κ3) is 32.5. The molecule has 0 unspecified atom stereocenters. The third-order valence-corrected chi connectivity index (χ3v) is 24.6. The number of rotatable bonds is 48. The van der Waals surface area contributed by atoms with Gasteiger partial charge in [-0.1, -0.05) is 141 Å². The van der Waals surface area contributed by atoms with E-state index in [4.69, 9.17) is 114 Å². The Morgan fingerprint density at radius 2 is 0.486 bits per heavy atom. The van der Waals surface area contributed by atoms with Gasteiger partial charge in [-0.05, 0) is 110 Å². The van der Waals surface area contributed by atoms with Crippen LogP contribution in [0.2, 0.25) is 0 Å². The number of carbonyl (C=O) groups excluding carboxylic acids is 14. The molecule has 8 bridgehead atoms. The number of H-pyrrole nitrogens is 2. The fourth-order valence-electron chi connectivity index (χ4n) is 18.5. The minimum atomic E-state index is -1.93. The molecule has 0 aliphatic carbocycles. The summed E-state index contributed by atoms with van der Waals surface area (Å²) in [5, 5.41) is 0. The zero-order chi connectivity index (χ0) is 106. The molecule has 146 heavy (non-hydrogen) atoms. The maximum atomic E-state index is 13.5. The van der Waals surface area contributed by atoms with Gasteiger partial charge in [0.1, 0.15) is 74.6 Å². The molecule has 3 aromatic heterocycles. The lowest BCUT2D eigenvalue weighted by molar-refractivity contribution is -0.354. The third-order valence-electron chi connectivity index (χ3n) is 24.6. The normalized spacial score (nSPS) is 24.0. The van der Waals surface area contributed by atoms with Crippen LogP contribution in [0.4, 0.5) is 0 Å². The number of esters is 14. The number of aromatic nitrogens is 4. The molecule has 4 fully saturated rings. The van der Waals surface area contributed by atoms with E-state index in [0.717, 1.165) is 209 Å². The average Bonchev–Trinajstić information content (AvgIpc) is 1.47. The molecule has 6 aliphatic rings. The number of carbonyl (C=O) groups is 14. The first-order valence-electron chi connectivity index (χ1n) is 49.7. The molecule has 6 aliphatic heterocycles. The highest BCUT2D eigenvalue weighted by Gasteiger charge is 2.61. The second kappa shape index (κ2) is 55.0. The van der Waals surface area contributed by atoms with E-state index in [1.165, 1.54) is 25.7 Å². The number of hydrogen-bond donors (Lipinski definition) is 2. The fourth-order valence-corrected chi connectivity index (χ4v) is 18.5. The quantitative estimate of drug-likeness (QED) is 0.0203. The number of aromatic amines is 2. The van der Waals surface area contributed by atoms with E-state index in [2.05, 4.69) is 23.8 Å². The summed E-state index contributed by atoms with van der Waals surface area (Å²) in [4.78, 5) is 200. The van der Waals surface area contributed by atoms with Gasteiger partial charge in [-0.3, -0.25) is 67.1 Å². The number of unbranched alkanes of at least 4 members (excludes halogenated alkanes) is 16. The SMILES string of the molecule is CCCCCCCCCCCc1c2nc(c(-c3ccc(O[C@@H]4O[C@H](COC(C)=O)[C@@H](O[C@H]5O[C@H](COC(C)=O)[C@@H](OC(C)=O)[C@H](OC(C)=O)[C@H]5OC(C)=O)[C@H](OC(C)=O)[C@H]4OC(C)=O)cc3)c3ccc([nH]3)c(CCCCCCCCCCC)c3nc(c(-c4ccc(O[C@@H]5O[C@H](COC(C)=O)[C@@H](O[C@H]6O[C@H](COC(C)=O)[C@@H](OC(C)=O)[C@H](OC(C)=O)[C@H]6OC(C)=O)[C@H](OC(C)=O)[C@H]5OC(C)=O)cc4)c4ccc1[nH]4)C=C3)C=C2. The fraction of sp³-hybridized carbons (Fsp3) is 0.566. The van der Waals surface area contributed by atoms with Gasteiger partial charge in [-0.15, -0.1) is 0 Å². The Kier molecular flexibility index (Phi) is 42.6. The van der Waals surface area contributed by atoms with Crippen LogP contribution in [0.5, 0.6) is 11.5 Å². The molecule has 2 N–H and O–H groups in total. The van der Waals surface area contributed by atoms with Crippen LogP contribution in [0.1, 0.15) is 260 Å². The maximum Gasteiger partial charge on any atom is 0.303 e. The monoisotopic (exact) mass is 2040 g/mol. The molecule has 5 aromatic rings. The van der Waals surface area contributed by atoms with E-state index in [0.29, 0.717) is 68.9 Å².